The van der Waals surface area contributed by atoms with E-state index in [0.29, 0.717) is 6.61 Å². The van der Waals surface area contributed by atoms with Gasteiger partial charge in [0, 0.05) is 17.1 Å². The van der Waals surface area contributed by atoms with Gasteiger partial charge in [-0.05, 0) is 23.3 Å². The molecule has 0 spiro atoms. The molecule has 0 atom stereocenters. The summed E-state index contributed by atoms with van der Waals surface area (Å²) in [5.41, 5.74) is 4.58. The Labute approximate surface area is 105 Å². The Morgan fingerprint density at radius 2 is 1.83 bits per heavy atom. The molecule has 3 aromatic rings. The van der Waals surface area contributed by atoms with Gasteiger partial charge in [-0.25, -0.2) is 0 Å². The van der Waals surface area contributed by atoms with Crippen molar-refractivity contribution in [2.45, 2.75) is 6.61 Å². The zero-order valence-electron chi connectivity index (χ0n) is 9.76. The number of ether oxygens (including phenoxy) is 1. The van der Waals surface area contributed by atoms with E-state index in [-0.39, 0.29) is 0 Å². The minimum atomic E-state index is 0.624. The largest absolute Gasteiger partial charge is 0.486 e. The summed E-state index contributed by atoms with van der Waals surface area (Å²) in [6.07, 6.45) is 1.81. The highest BCUT2D eigenvalue weighted by Crippen LogP contribution is 2.41. The van der Waals surface area contributed by atoms with Gasteiger partial charge in [-0.15, -0.1) is 0 Å². The molecule has 2 heteroatoms. The van der Waals surface area contributed by atoms with E-state index in [1.807, 2.05) is 18.3 Å². The first kappa shape index (κ1) is 9.66. The Hall–Kier alpha value is -2.35. The summed E-state index contributed by atoms with van der Waals surface area (Å²) in [7, 11) is 0. The predicted molar refractivity (Wildman–Crippen MR) is 71.5 cm³/mol. The highest BCUT2D eigenvalue weighted by atomic mass is 16.5. The van der Waals surface area contributed by atoms with E-state index in [0.717, 1.165) is 22.2 Å². The SMILES string of the molecule is c1ccc2c(c1)COc1c-2ccc2cccnc12. The van der Waals surface area contributed by atoms with Crippen molar-refractivity contribution in [2.24, 2.45) is 0 Å². The van der Waals surface area contributed by atoms with Crippen LogP contribution in [0.15, 0.2) is 54.7 Å². The summed E-state index contributed by atoms with van der Waals surface area (Å²) in [5.74, 6) is 0.909. The first-order valence-corrected chi connectivity index (χ1v) is 6.02. The standard InChI is InChI=1S/C16H11NO/c1-2-6-13-12(4-1)10-18-16-14(13)8-7-11-5-3-9-17-15(11)16/h1-9H,10H2. The maximum Gasteiger partial charge on any atom is 0.153 e. The number of fused-ring (bicyclic) bond motifs is 5. The second-order valence-electron chi connectivity index (χ2n) is 4.46. The van der Waals surface area contributed by atoms with Crippen LogP contribution in [0.1, 0.15) is 5.56 Å². The molecular weight excluding hydrogens is 222 g/mol. The van der Waals surface area contributed by atoms with Gasteiger partial charge in [-0.1, -0.05) is 36.4 Å². The quantitative estimate of drug-likeness (QED) is 0.589. The van der Waals surface area contributed by atoms with Crippen molar-refractivity contribution < 1.29 is 4.74 Å². The smallest absolute Gasteiger partial charge is 0.153 e. The van der Waals surface area contributed by atoms with Crippen LogP contribution in [-0.2, 0) is 6.61 Å². The Bertz CT molecular complexity index is 749. The highest BCUT2D eigenvalue weighted by molar-refractivity contribution is 5.93. The average Bonchev–Trinajstić information content (AvgIpc) is 2.46. The molecule has 0 aliphatic carbocycles. The fourth-order valence-corrected chi connectivity index (χ4v) is 2.54. The summed E-state index contributed by atoms with van der Waals surface area (Å²) in [6.45, 7) is 0.624. The molecule has 18 heavy (non-hydrogen) atoms. The lowest BCUT2D eigenvalue weighted by Gasteiger charge is -2.21. The molecule has 4 rings (SSSR count). The van der Waals surface area contributed by atoms with Crippen molar-refractivity contribution in [3.63, 3.8) is 0 Å². The molecule has 0 N–H and O–H groups in total. The van der Waals surface area contributed by atoms with Crippen LogP contribution in [0.25, 0.3) is 22.0 Å². The molecule has 1 aliphatic heterocycles. The second-order valence-corrected chi connectivity index (χ2v) is 4.46. The number of aromatic nitrogens is 1. The first-order chi connectivity index (χ1) is 8.93. The van der Waals surface area contributed by atoms with Gasteiger partial charge in [-0.3, -0.25) is 4.98 Å². The summed E-state index contributed by atoms with van der Waals surface area (Å²) in [5, 5.41) is 1.12. The molecule has 1 aliphatic rings. The van der Waals surface area contributed by atoms with Gasteiger partial charge in [-0.2, -0.15) is 0 Å². The van der Waals surface area contributed by atoms with Crippen molar-refractivity contribution in [1.29, 1.82) is 0 Å². The highest BCUT2D eigenvalue weighted by Gasteiger charge is 2.19. The van der Waals surface area contributed by atoms with Crippen molar-refractivity contribution >= 4 is 10.9 Å². The Morgan fingerprint density at radius 1 is 0.889 bits per heavy atom. The van der Waals surface area contributed by atoms with Crippen LogP contribution in [0.2, 0.25) is 0 Å². The third-order valence-electron chi connectivity index (χ3n) is 3.41. The lowest BCUT2D eigenvalue weighted by Crippen LogP contribution is -2.05. The van der Waals surface area contributed by atoms with E-state index in [2.05, 4.69) is 41.4 Å². The predicted octanol–water partition coefficient (Wildman–Crippen LogP) is 3.79. The topological polar surface area (TPSA) is 22.1 Å². The maximum atomic E-state index is 5.90. The van der Waals surface area contributed by atoms with Gasteiger partial charge in [0.15, 0.2) is 5.75 Å². The van der Waals surface area contributed by atoms with Gasteiger partial charge in [0.25, 0.3) is 0 Å². The van der Waals surface area contributed by atoms with E-state index in [4.69, 9.17) is 4.74 Å². The van der Waals surface area contributed by atoms with Crippen LogP contribution in [0.4, 0.5) is 0 Å². The molecular formula is C16H11NO. The summed E-state index contributed by atoms with van der Waals surface area (Å²) in [6, 6.07) is 16.6. The number of hydrogen-bond donors (Lipinski definition) is 0. The maximum absolute atomic E-state index is 5.90. The van der Waals surface area contributed by atoms with Crippen molar-refractivity contribution in [3.8, 4) is 16.9 Å². The molecule has 0 saturated carbocycles. The summed E-state index contributed by atoms with van der Waals surface area (Å²) < 4.78 is 5.90. The number of rotatable bonds is 0. The zero-order valence-corrected chi connectivity index (χ0v) is 9.76. The van der Waals surface area contributed by atoms with Gasteiger partial charge >= 0.3 is 0 Å². The molecule has 0 radical (unpaired) electrons. The molecule has 0 amide bonds. The van der Waals surface area contributed by atoms with Gasteiger partial charge < -0.3 is 4.74 Å². The molecule has 0 fully saturated rings. The van der Waals surface area contributed by atoms with Crippen LogP contribution in [0, 0.1) is 0 Å². The van der Waals surface area contributed by atoms with Gasteiger partial charge in [0.2, 0.25) is 0 Å². The lowest BCUT2D eigenvalue weighted by atomic mass is 9.96. The van der Waals surface area contributed by atoms with Crippen LogP contribution in [0.5, 0.6) is 5.75 Å². The van der Waals surface area contributed by atoms with Gasteiger partial charge in [0.1, 0.15) is 12.1 Å². The second kappa shape index (κ2) is 3.57. The number of hydrogen-bond acceptors (Lipinski definition) is 2. The fraction of sp³-hybridized carbons (Fsp3) is 0.0625. The normalized spacial score (nSPS) is 12.7. The Morgan fingerprint density at radius 3 is 2.83 bits per heavy atom. The molecule has 2 heterocycles. The number of nitrogens with zero attached hydrogens (tertiary/aromatic N) is 1. The Balaban J connectivity index is 2.09. The van der Waals surface area contributed by atoms with E-state index < -0.39 is 0 Å². The van der Waals surface area contributed by atoms with Crippen LogP contribution < -0.4 is 4.74 Å². The van der Waals surface area contributed by atoms with Gasteiger partial charge in [0.05, 0.1) is 0 Å². The summed E-state index contributed by atoms with van der Waals surface area (Å²) >= 11 is 0. The first-order valence-electron chi connectivity index (χ1n) is 6.02. The molecule has 0 bridgehead atoms. The third kappa shape index (κ3) is 1.26. The van der Waals surface area contributed by atoms with E-state index in [1.54, 1.807) is 0 Å². The average molecular weight is 233 g/mol. The number of pyridine rings is 1. The molecule has 86 valence electrons. The Kier molecular flexibility index (Phi) is 1.92. The minimum Gasteiger partial charge on any atom is -0.486 e. The van der Waals surface area contributed by atoms with Crippen molar-refractivity contribution in [1.82, 2.24) is 4.98 Å². The molecule has 1 aromatic heterocycles. The third-order valence-corrected chi connectivity index (χ3v) is 3.41. The fourth-order valence-electron chi connectivity index (χ4n) is 2.54. The number of benzene rings is 2. The monoisotopic (exact) mass is 233 g/mol. The van der Waals surface area contributed by atoms with E-state index in [9.17, 15) is 0 Å². The lowest BCUT2D eigenvalue weighted by molar-refractivity contribution is 0.305. The van der Waals surface area contributed by atoms with Crippen LogP contribution in [0.3, 0.4) is 0 Å². The molecule has 0 saturated heterocycles. The minimum absolute atomic E-state index is 0.624. The van der Waals surface area contributed by atoms with Crippen molar-refractivity contribution in [3.05, 3.63) is 60.3 Å². The van der Waals surface area contributed by atoms with Crippen molar-refractivity contribution in [2.75, 3.05) is 0 Å². The molecule has 0 unspecified atom stereocenters. The summed E-state index contributed by atoms with van der Waals surface area (Å²) in [4.78, 5) is 4.44. The van der Waals surface area contributed by atoms with E-state index >= 15 is 0 Å². The zero-order chi connectivity index (χ0) is 11.9. The molecule has 2 aromatic carbocycles. The van der Waals surface area contributed by atoms with Crippen LogP contribution in [-0.4, -0.2) is 4.98 Å². The molecule has 2 nitrogen and oxygen atoms in total. The van der Waals surface area contributed by atoms with Crippen LogP contribution >= 0.6 is 0 Å². The van der Waals surface area contributed by atoms with E-state index in [1.165, 1.54) is 11.1 Å².